The quantitative estimate of drug-likeness (QED) is 0.730. The van der Waals surface area contributed by atoms with Crippen molar-refractivity contribution >= 4 is 35.0 Å². The first kappa shape index (κ1) is 18.4. The number of methoxy groups -OCH3 is 2. The molecule has 0 aromatic heterocycles. The molecule has 0 aliphatic heterocycles. The van der Waals surface area contributed by atoms with Gasteiger partial charge in [-0.15, -0.1) is 0 Å². The zero-order valence-electron chi connectivity index (χ0n) is 12.8. The van der Waals surface area contributed by atoms with Crippen LogP contribution in [0.3, 0.4) is 0 Å². The minimum absolute atomic E-state index is 0.317. The van der Waals surface area contributed by atoms with Crippen LogP contribution in [0.25, 0.3) is 0 Å². The van der Waals surface area contributed by atoms with Crippen LogP contribution in [0.1, 0.15) is 10.4 Å². The predicted octanol–water partition coefficient (Wildman–Crippen LogP) is 4.92. The number of carbonyl (C=O) groups excluding carboxylic acids is 1. The summed E-state index contributed by atoms with van der Waals surface area (Å²) in [4.78, 5) is 12.7. The summed E-state index contributed by atoms with van der Waals surface area (Å²) in [6.45, 7) is 0. The van der Waals surface area contributed by atoms with Crippen LogP contribution in [-0.4, -0.2) is 25.9 Å². The van der Waals surface area contributed by atoms with Gasteiger partial charge in [-0.3, -0.25) is 4.79 Å². The number of thioether (sulfide) groups is 1. The van der Waals surface area contributed by atoms with E-state index in [0.717, 1.165) is 0 Å². The Morgan fingerprint density at radius 2 is 1.75 bits per heavy atom. The van der Waals surface area contributed by atoms with Crippen molar-refractivity contribution in [2.45, 2.75) is 10.7 Å². The van der Waals surface area contributed by atoms with Gasteiger partial charge >= 0.3 is 0 Å². The molecule has 128 valence electrons. The number of anilines is 1. The molecular weight excluding hydrogens is 360 g/mol. The van der Waals surface area contributed by atoms with Gasteiger partial charge in [-0.1, -0.05) is 23.4 Å². The van der Waals surface area contributed by atoms with Crippen LogP contribution in [0.2, 0.25) is 5.02 Å². The second-order valence-electron chi connectivity index (χ2n) is 4.54. The first-order chi connectivity index (χ1) is 11.4. The van der Waals surface area contributed by atoms with E-state index in [4.69, 9.17) is 21.1 Å². The van der Waals surface area contributed by atoms with E-state index in [1.807, 2.05) is 0 Å². The summed E-state index contributed by atoms with van der Waals surface area (Å²) >= 11 is 6.47. The molecule has 2 rings (SSSR count). The number of nitrogens with one attached hydrogen (secondary N) is 1. The van der Waals surface area contributed by atoms with Crippen LogP contribution < -0.4 is 14.8 Å². The number of amides is 1. The molecule has 4 nitrogen and oxygen atoms in total. The van der Waals surface area contributed by atoms with Gasteiger partial charge in [0.1, 0.15) is 11.5 Å². The van der Waals surface area contributed by atoms with E-state index in [1.54, 1.807) is 6.07 Å². The van der Waals surface area contributed by atoms with Gasteiger partial charge in [0.25, 0.3) is 11.7 Å². The summed E-state index contributed by atoms with van der Waals surface area (Å²) in [6, 6.07) is 8.93. The van der Waals surface area contributed by atoms with E-state index in [-0.39, 0.29) is 0 Å². The van der Waals surface area contributed by atoms with E-state index in [1.165, 1.54) is 44.6 Å². The molecule has 24 heavy (non-hydrogen) atoms. The molecular formula is C16H14ClF2NO3S. The fourth-order valence-electron chi connectivity index (χ4n) is 1.94. The van der Waals surface area contributed by atoms with Crippen LogP contribution >= 0.6 is 23.4 Å². The van der Waals surface area contributed by atoms with Crippen molar-refractivity contribution in [3.8, 4) is 11.5 Å². The molecule has 0 atom stereocenters. The third-order valence-electron chi connectivity index (χ3n) is 3.06. The lowest BCUT2D eigenvalue weighted by molar-refractivity contribution is 0.102. The molecule has 0 aliphatic rings. The largest absolute Gasteiger partial charge is 0.495 e. The van der Waals surface area contributed by atoms with Crippen molar-refractivity contribution < 1.29 is 23.0 Å². The number of halogens is 3. The maximum atomic E-state index is 12.3. The van der Waals surface area contributed by atoms with E-state index < -0.39 is 11.7 Å². The van der Waals surface area contributed by atoms with Crippen molar-refractivity contribution in [2.75, 3.05) is 19.5 Å². The summed E-state index contributed by atoms with van der Waals surface area (Å²) in [5.41, 5.74) is 0.696. The second kappa shape index (κ2) is 8.21. The molecule has 2 aromatic carbocycles. The van der Waals surface area contributed by atoms with Gasteiger partial charge in [-0.2, -0.15) is 8.78 Å². The monoisotopic (exact) mass is 373 g/mol. The Morgan fingerprint density at radius 3 is 2.29 bits per heavy atom. The fraction of sp³-hybridized carbons (Fsp3) is 0.188. The van der Waals surface area contributed by atoms with Gasteiger partial charge < -0.3 is 14.8 Å². The molecule has 1 N–H and O–H groups in total. The fourth-order valence-corrected chi connectivity index (χ4v) is 2.68. The molecule has 0 saturated heterocycles. The Hall–Kier alpha value is -1.99. The highest BCUT2D eigenvalue weighted by atomic mass is 35.5. The molecule has 0 fully saturated rings. The van der Waals surface area contributed by atoms with Gasteiger partial charge in [-0.05, 0) is 30.3 Å². The topological polar surface area (TPSA) is 47.6 Å². The van der Waals surface area contributed by atoms with E-state index in [2.05, 4.69) is 5.32 Å². The van der Waals surface area contributed by atoms with Crippen molar-refractivity contribution in [1.82, 2.24) is 0 Å². The van der Waals surface area contributed by atoms with Crippen LogP contribution in [0.4, 0.5) is 14.5 Å². The Kier molecular flexibility index (Phi) is 6.28. The van der Waals surface area contributed by atoms with Gasteiger partial charge in [0.2, 0.25) is 0 Å². The molecule has 0 bridgehead atoms. The summed E-state index contributed by atoms with van der Waals surface area (Å²) < 4.78 is 34.9. The summed E-state index contributed by atoms with van der Waals surface area (Å²) in [5.74, 6) is -2.12. The van der Waals surface area contributed by atoms with E-state index in [9.17, 15) is 13.6 Å². The molecule has 0 spiro atoms. The molecule has 0 unspecified atom stereocenters. The standard InChI is InChI=1S/C16H14ClF2NO3S/c1-22-13-8-14(23-2)12(7-11(13)17)20-15(21)9-3-5-10(6-4-9)24-16(18)19/h3-8,16H,1-2H3,(H,20,21). The number of hydrogen-bond acceptors (Lipinski definition) is 4. The molecule has 1 amide bonds. The first-order valence-electron chi connectivity index (χ1n) is 6.72. The molecule has 0 heterocycles. The van der Waals surface area contributed by atoms with Crippen LogP contribution in [0, 0.1) is 0 Å². The van der Waals surface area contributed by atoms with Crippen LogP contribution in [-0.2, 0) is 0 Å². The lowest BCUT2D eigenvalue weighted by Crippen LogP contribution is -2.12. The number of carbonyl (C=O) groups is 1. The van der Waals surface area contributed by atoms with Gasteiger partial charge in [-0.25, -0.2) is 0 Å². The smallest absolute Gasteiger partial charge is 0.288 e. The van der Waals surface area contributed by atoms with E-state index in [0.29, 0.717) is 44.4 Å². The highest BCUT2D eigenvalue weighted by molar-refractivity contribution is 7.99. The normalized spacial score (nSPS) is 10.6. The first-order valence-corrected chi connectivity index (χ1v) is 7.98. The number of ether oxygens (including phenoxy) is 2. The molecule has 8 heteroatoms. The van der Waals surface area contributed by atoms with Gasteiger partial charge in [0.05, 0.1) is 24.9 Å². The minimum Gasteiger partial charge on any atom is -0.495 e. The zero-order valence-corrected chi connectivity index (χ0v) is 14.4. The van der Waals surface area contributed by atoms with Crippen molar-refractivity contribution in [1.29, 1.82) is 0 Å². The molecule has 0 aliphatic carbocycles. The molecule has 0 radical (unpaired) electrons. The third-order valence-corrected chi connectivity index (χ3v) is 4.08. The highest BCUT2D eigenvalue weighted by Gasteiger charge is 2.14. The van der Waals surface area contributed by atoms with Crippen LogP contribution in [0.15, 0.2) is 41.3 Å². The summed E-state index contributed by atoms with van der Waals surface area (Å²) in [5, 5.41) is 2.99. The lowest BCUT2D eigenvalue weighted by Gasteiger charge is -2.13. The maximum Gasteiger partial charge on any atom is 0.288 e. The third kappa shape index (κ3) is 4.52. The summed E-state index contributed by atoms with van der Waals surface area (Å²) in [6.07, 6.45) is 0. The SMILES string of the molecule is COc1cc(OC)c(NC(=O)c2ccc(SC(F)F)cc2)cc1Cl. The predicted molar refractivity (Wildman–Crippen MR) is 90.8 cm³/mol. The highest BCUT2D eigenvalue weighted by Crippen LogP contribution is 2.36. The van der Waals surface area contributed by atoms with Gasteiger partial charge in [0.15, 0.2) is 0 Å². The van der Waals surface area contributed by atoms with Crippen molar-refractivity contribution in [3.05, 3.63) is 47.0 Å². The minimum atomic E-state index is -2.50. The second-order valence-corrected chi connectivity index (χ2v) is 6.01. The lowest BCUT2D eigenvalue weighted by atomic mass is 10.2. The van der Waals surface area contributed by atoms with E-state index >= 15 is 0 Å². The number of benzene rings is 2. The van der Waals surface area contributed by atoms with Crippen molar-refractivity contribution in [3.63, 3.8) is 0 Å². The number of hydrogen-bond donors (Lipinski definition) is 1. The maximum absolute atomic E-state index is 12.3. The number of alkyl halides is 2. The van der Waals surface area contributed by atoms with Crippen LogP contribution in [0.5, 0.6) is 11.5 Å². The number of rotatable bonds is 6. The zero-order chi connectivity index (χ0) is 17.7. The Labute approximate surface area is 147 Å². The Balaban J connectivity index is 2.18. The molecule has 0 saturated carbocycles. The Bertz CT molecular complexity index is 726. The average Bonchev–Trinajstić information content (AvgIpc) is 2.55. The Morgan fingerprint density at radius 1 is 1.12 bits per heavy atom. The summed E-state index contributed by atoms with van der Waals surface area (Å²) in [7, 11) is 2.92. The molecule has 2 aromatic rings. The van der Waals surface area contributed by atoms with Crippen molar-refractivity contribution in [2.24, 2.45) is 0 Å². The average molecular weight is 374 g/mol. The van der Waals surface area contributed by atoms with Gasteiger partial charge in [0, 0.05) is 16.5 Å².